The van der Waals surface area contributed by atoms with Crippen LogP contribution in [0, 0.1) is 5.41 Å². The van der Waals surface area contributed by atoms with Crippen molar-refractivity contribution in [3.8, 4) is 0 Å². The molecule has 1 amide bonds. The first-order chi connectivity index (χ1) is 9.65. The van der Waals surface area contributed by atoms with Crippen LogP contribution in [-0.4, -0.2) is 19.0 Å². The molecule has 0 aliphatic heterocycles. The lowest BCUT2D eigenvalue weighted by Gasteiger charge is -2.30. The summed E-state index contributed by atoms with van der Waals surface area (Å²) in [5.41, 5.74) is 7.19. The minimum absolute atomic E-state index is 0.0646. The quantitative estimate of drug-likeness (QED) is 0.728. The van der Waals surface area contributed by atoms with Crippen LogP contribution < -0.4 is 11.1 Å². The van der Waals surface area contributed by atoms with Gasteiger partial charge in [-0.05, 0) is 43.2 Å². The number of carbonyl (C=O) groups is 1. The lowest BCUT2D eigenvalue weighted by atomic mass is 9.82. The van der Waals surface area contributed by atoms with Gasteiger partial charge in [0.15, 0.2) is 0 Å². The highest BCUT2D eigenvalue weighted by atomic mass is 16.1. The molecule has 0 bridgehead atoms. The van der Waals surface area contributed by atoms with E-state index >= 15 is 0 Å². The summed E-state index contributed by atoms with van der Waals surface area (Å²) in [6.45, 7) is 5.60. The smallest absolute Gasteiger partial charge is 0.220 e. The van der Waals surface area contributed by atoms with Crippen molar-refractivity contribution < 1.29 is 4.79 Å². The topological polar surface area (TPSA) is 55.1 Å². The molecule has 0 fully saturated rings. The molecule has 0 aliphatic carbocycles. The second-order valence-electron chi connectivity index (χ2n) is 5.53. The van der Waals surface area contributed by atoms with Crippen molar-refractivity contribution in [2.45, 2.75) is 46.0 Å². The number of hydrogen-bond donors (Lipinski definition) is 2. The van der Waals surface area contributed by atoms with Gasteiger partial charge in [-0.25, -0.2) is 0 Å². The molecule has 0 saturated carbocycles. The van der Waals surface area contributed by atoms with Crippen LogP contribution in [-0.2, 0) is 11.2 Å². The van der Waals surface area contributed by atoms with Gasteiger partial charge in [0.05, 0.1) is 0 Å². The Labute approximate surface area is 122 Å². The Morgan fingerprint density at radius 1 is 1.20 bits per heavy atom. The average Bonchev–Trinajstić information content (AvgIpc) is 2.50. The third-order valence-electron chi connectivity index (χ3n) is 4.31. The lowest BCUT2D eigenvalue weighted by molar-refractivity contribution is -0.121. The number of nitrogens with two attached hydrogens (primary N) is 1. The molecular weight excluding hydrogens is 248 g/mol. The SMILES string of the molecule is CCC(CC)(CN)CNC(=O)CCCc1ccccc1. The third-order valence-corrected chi connectivity index (χ3v) is 4.31. The van der Waals surface area contributed by atoms with Crippen molar-refractivity contribution >= 4 is 5.91 Å². The minimum atomic E-state index is 0.0646. The van der Waals surface area contributed by atoms with Crippen molar-refractivity contribution in [3.63, 3.8) is 0 Å². The van der Waals surface area contributed by atoms with Crippen LogP contribution in [0.1, 0.15) is 45.1 Å². The first kappa shape index (κ1) is 16.7. The molecule has 0 spiro atoms. The van der Waals surface area contributed by atoms with Crippen molar-refractivity contribution in [1.29, 1.82) is 0 Å². The second kappa shape index (κ2) is 8.75. The number of aryl methyl sites for hydroxylation is 1. The van der Waals surface area contributed by atoms with Gasteiger partial charge in [0, 0.05) is 13.0 Å². The zero-order valence-corrected chi connectivity index (χ0v) is 12.8. The van der Waals surface area contributed by atoms with Crippen molar-refractivity contribution in [3.05, 3.63) is 35.9 Å². The summed E-state index contributed by atoms with van der Waals surface area (Å²) in [5, 5.41) is 3.04. The summed E-state index contributed by atoms with van der Waals surface area (Å²) in [5.74, 6) is 0.139. The van der Waals surface area contributed by atoms with Gasteiger partial charge in [0.25, 0.3) is 0 Å². The number of nitrogens with one attached hydrogen (secondary N) is 1. The standard InChI is InChI=1S/C17H28N2O/c1-3-17(4-2,13-18)14-19-16(20)12-8-11-15-9-6-5-7-10-15/h5-7,9-10H,3-4,8,11-14,18H2,1-2H3,(H,19,20). The van der Waals surface area contributed by atoms with E-state index in [0.29, 0.717) is 19.5 Å². The highest BCUT2D eigenvalue weighted by Crippen LogP contribution is 2.23. The van der Waals surface area contributed by atoms with Gasteiger partial charge >= 0.3 is 0 Å². The number of hydrogen-bond acceptors (Lipinski definition) is 2. The Kier molecular flexibility index (Phi) is 7.31. The van der Waals surface area contributed by atoms with Crippen molar-refractivity contribution in [1.82, 2.24) is 5.32 Å². The first-order valence-corrected chi connectivity index (χ1v) is 7.66. The van der Waals surface area contributed by atoms with E-state index in [0.717, 1.165) is 25.7 Å². The van der Waals surface area contributed by atoms with Gasteiger partial charge in [-0.1, -0.05) is 44.2 Å². The van der Waals surface area contributed by atoms with Crippen LogP contribution in [0.5, 0.6) is 0 Å². The Morgan fingerprint density at radius 2 is 1.85 bits per heavy atom. The van der Waals surface area contributed by atoms with Crippen molar-refractivity contribution in [2.24, 2.45) is 11.1 Å². The largest absolute Gasteiger partial charge is 0.355 e. The fraction of sp³-hybridized carbons (Fsp3) is 0.588. The van der Waals surface area contributed by atoms with Crippen LogP contribution in [0.4, 0.5) is 0 Å². The van der Waals surface area contributed by atoms with Crippen LogP contribution in [0.15, 0.2) is 30.3 Å². The van der Waals surface area contributed by atoms with Gasteiger partial charge in [-0.2, -0.15) is 0 Å². The van der Waals surface area contributed by atoms with E-state index in [1.54, 1.807) is 0 Å². The first-order valence-electron chi connectivity index (χ1n) is 7.66. The molecule has 20 heavy (non-hydrogen) atoms. The molecule has 1 aromatic rings. The van der Waals surface area contributed by atoms with Gasteiger partial charge in [-0.3, -0.25) is 4.79 Å². The number of rotatable bonds is 9. The van der Waals surface area contributed by atoms with Gasteiger partial charge in [0.2, 0.25) is 5.91 Å². The molecule has 1 rings (SSSR count). The maximum Gasteiger partial charge on any atom is 0.220 e. The number of carbonyl (C=O) groups excluding carboxylic acids is 1. The highest BCUT2D eigenvalue weighted by molar-refractivity contribution is 5.75. The summed E-state index contributed by atoms with van der Waals surface area (Å²) in [7, 11) is 0. The molecule has 0 saturated heterocycles. The fourth-order valence-electron chi connectivity index (χ4n) is 2.33. The zero-order valence-electron chi connectivity index (χ0n) is 12.8. The third kappa shape index (κ3) is 5.33. The molecule has 0 unspecified atom stereocenters. The van der Waals surface area contributed by atoms with E-state index in [-0.39, 0.29) is 11.3 Å². The number of amides is 1. The fourth-order valence-corrected chi connectivity index (χ4v) is 2.33. The Balaban J connectivity index is 2.27. The predicted octanol–water partition coefficient (Wildman–Crippen LogP) is 2.89. The zero-order chi connectivity index (χ0) is 14.8. The van der Waals surface area contributed by atoms with Crippen molar-refractivity contribution in [2.75, 3.05) is 13.1 Å². The molecule has 0 radical (unpaired) electrons. The highest BCUT2D eigenvalue weighted by Gasteiger charge is 2.24. The van der Waals surface area contributed by atoms with E-state index in [1.165, 1.54) is 5.56 Å². The summed E-state index contributed by atoms with van der Waals surface area (Å²) >= 11 is 0. The Bertz CT molecular complexity index is 377. The normalized spacial score (nSPS) is 11.3. The molecule has 112 valence electrons. The Hall–Kier alpha value is -1.35. The summed E-state index contributed by atoms with van der Waals surface area (Å²) in [6.07, 6.45) is 4.44. The molecule has 3 N–H and O–H groups in total. The van der Waals surface area contributed by atoms with E-state index in [4.69, 9.17) is 5.73 Å². The second-order valence-corrected chi connectivity index (χ2v) is 5.53. The van der Waals surface area contributed by atoms with Gasteiger partial charge in [0.1, 0.15) is 0 Å². The van der Waals surface area contributed by atoms with Gasteiger partial charge in [-0.15, -0.1) is 0 Å². The van der Waals surface area contributed by atoms with Crippen LogP contribution >= 0.6 is 0 Å². The molecular formula is C17H28N2O. The Morgan fingerprint density at radius 3 is 2.40 bits per heavy atom. The van der Waals surface area contributed by atoms with E-state index < -0.39 is 0 Å². The summed E-state index contributed by atoms with van der Waals surface area (Å²) in [4.78, 5) is 11.9. The number of benzene rings is 1. The molecule has 0 aliphatic rings. The monoisotopic (exact) mass is 276 g/mol. The van der Waals surface area contributed by atoms with Crippen LogP contribution in [0.3, 0.4) is 0 Å². The molecule has 0 atom stereocenters. The summed E-state index contributed by atoms with van der Waals surface area (Å²) in [6, 6.07) is 10.3. The van der Waals surface area contributed by atoms with Crippen LogP contribution in [0.25, 0.3) is 0 Å². The lowest BCUT2D eigenvalue weighted by Crippen LogP contribution is -2.41. The maximum absolute atomic E-state index is 11.9. The van der Waals surface area contributed by atoms with E-state index in [2.05, 4.69) is 31.3 Å². The molecule has 1 aromatic carbocycles. The van der Waals surface area contributed by atoms with E-state index in [9.17, 15) is 4.79 Å². The molecule has 0 heterocycles. The van der Waals surface area contributed by atoms with E-state index in [1.807, 2.05) is 18.2 Å². The molecule has 3 nitrogen and oxygen atoms in total. The summed E-state index contributed by atoms with van der Waals surface area (Å²) < 4.78 is 0. The van der Waals surface area contributed by atoms with Gasteiger partial charge < -0.3 is 11.1 Å². The average molecular weight is 276 g/mol. The molecule has 3 heteroatoms. The maximum atomic E-state index is 11.9. The minimum Gasteiger partial charge on any atom is -0.355 e. The van der Waals surface area contributed by atoms with Crippen LogP contribution in [0.2, 0.25) is 0 Å². The predicted molar refractivity (Wildman–Crippen MR) is 84.5 cm³/mol. The molecule has 0 aromatic heterocycles.